The molecular formula is C15H23FN2O2S. The van der Waals surface area contributed by atoms with Gasteiger partial charge in [0.1, 0.15) is 11.6 Å². The number of hydrogen-bond acceptors (Lipinski definition) is 3. The molecule has 1 rings (SSSR count). The minimum atomic E-state index is -0.474. The van der Waals surface area contributed by atoms with Gasteiger partial charge in [-0.2, -0.15) is 11.8 Å². The lowest BCUT2D eigenvalue weighted by Crippen LogP contribution is -2.44. The topological polar surface area (TPSA) is 41.6 Å². The van der Waals surface area contributed by atoms with E-state index in [0.29, 0.717) is 11.3 Å². The molecule has 118 valence electrons. The summed E-state index contributed by atoms with van der Waals surface area (Å²) in [5, 5.41) is 2.81. The molecule has 2 atom stereocenters. The van der Waals surface area contributed by atoms with Crippen molar-refractivity contribution < 1.29 is 13.9 Å². The van der Waals surface area contributed by atoms with Gasteiger partial charge in [0.25, 0.3) is 0 Å². The molecule has 2 amide bonds. The van der Waals surface area contributed by atoms with E-state index in [-0.39, 0.29) is 17.9 Å². The SMILES string of the molecule is COc1cccc(F)c1[C@H](C)NC(=O)N(C)[C@@H](C)CSC. The lowest BCUT2D eigenvalue weighted by molar-refractivity contribution is 0.194. The number of methoxy groups -OCH3 is 1. The fourth-order valence-electron chi connectivity index (χ4n) is 2.03. The van der Waals surface area contributed by atoms with Gasteiger partial charge < -0.3 is 15.0 Å². The van der Waals surface area contributed by atoms with E-state index >= 15 is 0 Å². The molecule has 0 spiro atoms. The Bertz CT molecular complexity index is 485. The average Bonchev–Trinajstić information content (AvgIpc) is 2.45. The average molecular weight is 314 g/mol. The molecule has 21 heavy (non-hydrogen) atoms. The highest BCUT2D eigenvalue weighted by Gasteiger charge is 2.21. The molecule has 0 saturated heterocycles. The Hall–Kier alpha value is -1.43. The molecule has 0 aliphatic carbocycles. The lowest BCUT2D eigenvalue weighted by Gasteiger charge is -2.27. The number of rotatable bonds is 6. The second kappa shape index (κ2) is 8.12. The number of hydrogen-bond donors (Lipinski definition) is 1. The third-order valence-corrected chi connectivity index (χ3v) is 4.21. The number of halogens is 1. The number of benzene rings is 1. The number of nitrogens with one attached hydrogen (secondary N) is 1. The fourth-order valence-corrected chi connectivity index (χ4v) is 2.73. The number of carbonyl (C=O) groups is 1. The Morgan fingerprint density at radius 2 is 2.14 bits per heavy atom. The van der Waals surface area contributed by atoms with Gasteiger partial charge in [-0.15, -0.1) is 0 Å². The summed E-state index contributed by atoms with van der Waals surface area (Å²) in [6, 6.07) is 4.03. The number of thioether (sulfide) groups is 1. The minimum absolute atomic E-state index is 0.106. The van der Waals surface area contributed by atoms with Gasteiger partial charge >= 0.3 is 6.03 Å². The van der Waals surface area contributed by atoms with Gasteiger partial charge in [0.15, 0.2) is 0 Å². The summed E-state index contributed by atoms with van der Waals surface area (Å²) in [5.41, 5.74) is 0.360. The molecule has 0 fully saturated rings. The smallest absolute Gasteiger partial charge is 0.317 e. The first-order chi connectivity index (χ1) is 9.92. The van der Waals surface area contributed by atoms with Crippen molar-refractivity contribution in [3.63, 3.8) is 0 Å². The maximum Gasteiger partial charge on any atom is 0.317 e. The molecule has 1 aromatic carbocycles. The van der Waals surface area contributed by atoms with Crippen LogP contribution >= 0.6 is 11.8 Å². The Kier molecular flexibility index (Phi) is 6.81. The van der Waals surface area contributed by atoms with Crippen molar-refractivity contribution in [3.05, 3.63) is 29.6 Å². The van der Waals surface area contributed by atoms with Crippen LogP contribution in [0.1, 0.15) is 25.5 Å². The van der Waals surface area contributed by atoms with Gasteiger partial charge in [-0.05, 0) is 32.2 Å². The molecule has 0 unspecified atom stereocenters. The van der Waals surface area contributed by atoms with E-state index in [1.54, 1.807) is 42.8 Å². The molecule has 0 saturated carbocycles. The number of urea groups is 1. The number of amides is 2. The highest BCUT2D eigenvalue weighted by molar-refractivity contribution is 7.98. The maximum absolute atomic E-state index is 14.0. The molecule has 1 aromatic rings. The summed E-state index contributed by atoms with van der Waals surface area (Å²) in [7, 11) is 3.22. The number of carbonyl (C=O) groups excluding carboxylic acids is 1. The van der Waals surface area contributed by atoms with Crippen LogP contribution in [0.3, 0.4) is 0 Å². The first-order valence-corrected chi connectivity index (χ1v) is 8.16. The summed E-state index contributed by atoms with van der Waals surface area (Å²) in [6.45, 7) is 3.72. The van der Waals surface area contributed by atoms with Crippen LogP contribution in [0.2, 0.25) is 0 Å². The van der Waals surface area contributed by atoms with Crippen LogP contribution < -0.4 is 10.1 Å². The van der Waals surface area contributed by atoms with E-state index in [9.17, 15) is 9.18 Å². The molecule has 0 aromatic heterocycles. The normalized spacial score (nSPS) is 13.4. The van der Waals surface area contributed by atoms with E-state index in [0.717, 1.165) is 5.75 Å². The highest BCUT2D eigenvalue weighted by Crippen LogP contribution is 2.27. The zero-order valence-electron chi connectivity index (χ0n) is 13.1. The van der Waals surface area contributed by atoms with Gasteiger partial charge in [0, 0.05) is 18.8 Å². The Labute approximate surface area is 130 Å². The van der Waals surface area contributed by atoms with Crippen molar-refractivity contribution in [2.45, 2.75) is 25.9 Å². The third kappa shape index (κ3) is 4.52. The Morgan fingerprint density at radius 3 is 2.71 bits per heavy atom. The summed E-state index contributed by atoms with van der Waals surface area (Å²) in [5.74, 6) is 0.894. The van der Waals surface area contributed by atoms with Gasteiger partial charge in [0.05, 0.1) is 18.7 Å². The van der Waals surface area contributed by atoms with Crippen molar-refractivity contribution >= 4 is 17.8 Å². The Morgan fingerprint density at radius 1 is 1.48 bits per heavy atom. The molecule has 6 heteroatoms. The van der Waals surface area contributed by atoms with Crippen molar-refractivity contribution in [3.8, 4) is 5.75 Å². The van der Waals surface area contributed by atoms with Gasteiger partial charge in [-0.25, -0.2) is 9.18 Å². The maximum atomic E-state index is 14.0. The van der Waals surface area contributed by atoms with Crippen molar-refractivity contribution in [1.29, 1.82) is 0 Å². The monoisotopic (exact) mass is 314 g/mol. The molecular weight excluding hydrogens is 291 g/mol. The Balaban J connectivity index is 2.82. The van der Waals surface area contributed by atoms with Crippen LogP contribution in [-0.2, 0) is 0 Å². The van der Waals surface area contributed by atoms with E-state index in [2.05, 4.69) is 5.32 Å². The third-order valence-electron chi connectivity index (χ3n) is 3.40. The minimum Gasteiger partial charge on any atom is -0.496 e. The van der Waals surface area contributed by atoms with Crippen LogP contribution in [0.15, 0.2) is 18.2 Å². The molecule has 0 aliphatic rings. The number of ether oxygens (including phenoxy) is 1. The van der Waals surface area contributed by atoms with Crippen LogP contribution in [0.4, 0.5) is 9.18 Å². The fraction of sp³-hybridized carbons (Fsp3) is 0.533. The molecule has 4 nitrogen and oxygen atoms in total. The van der Waals surface area contributed by atoms with Crippen LogP contribution in [0.25, 0.3) is 0 Å². The summed E-state index contributed by atoms with van der Waals surface area (Å²) in [6.07, 6.45) is 2.00. The first kappa shape index (κ1) is 17.6. The predicted octanol–water partition coefficient (Wildman–Crippen LogP) is 3.29. The largest absolute Gasteiger partial charge is 0.496 e. The molecule has 0 radical (unpaired) electrons. The van der Waals surface area contributed by atoms with E-state index in [4.69, 9.17) is 4.74 Å². The first-order valence-electron chi connectivity index (χ1n) is 6.77. The van der Waals surface area contributed by atoms with Crippen molar-refractivity contribution in [2.24, 2.45) is 0 Å². The zero-order chi connectivity index (χ0) is 16.0. The second-order valence-electron chi connectivity index (χ2n) is 4.94. The lowest BCUT2D eigenvalue weighted by atomic mass is 10.1. The van der Waals surface area contributed by atoms with Crippen molar-refractivity contribution in [1.82, 2.24) is 10.2 Å². The van der Waals surface area contributed by atoms with E-state index in [1.165, 1.54) is 13.2 Å². The van der Waals surface area contributed by atoms with Crippen LogP contribution in [-0.4, -0.2) is 43.1 Å². The molecule has 0 heterocycles. The standard InChI is InChI=1S/C15H23FN2O2S/c1-10(9-21-5)18(3)15(19)17-11(2)14-12(16)7-6-8-13(14)20-4/h6-8,10-11H,9H2,1-5H3,(H,17,19)/t10-,11-/m0/s1. The molecule has 0 bridgehead atoms. The summed E-state index contributed by atoms with van der Waals surface area (Å²) >= 11 is 1.68. The second-order valence-corrected chi connectivity index (χ2v) is 5.85. The molecule has 0 aliphatic heterocycles. The molecule has 1 N–H and O–H groups in total. The quantitative estimate of drug-likeness (QED) is 0.876. The summed E-state index contributed by atoms with van der Waals surface area (Å²) in [4.78, 5) is 13.8. The summed E-state index contributed by atoms with van der Waals surface area (Å²) < 4.78 is 19.1. The van der Waals surface area contributed by atoms with Gasteiger partial charge in [-0.1, -0.05) is 6.07 Å². The predicted molar refractivity (Wildman–Crippen MR) is 85.5 cm³/mol. The van der Waals surface area contributed by atoms with E-state index < -0.39 is 6.04 Å². The van der Waals surface area contributed by atoms with Crippen molar-refractivity contribution in [2.75, 3.05) is 26.2 Å². The van der Waals surface area contributed by atoms with Crippen LogP contribution in [0.5, 0.6) is 5.75 Å². The van der Waals surface area contributed by atoms with Gasteiger partial charge in [0.2, 0.25) is 0 Å². The van der Waals surface area contributed by atoms with Gasteiger partial charge in [-0.3, -0.25) is 0 Å². The number of nitrogens with zero attached hydrogens (tertiary/aromatic N) is 1. The zero-order valence-corrected chi connectivity index (χ0v) is 14.0. The highest BCUT2D eigenvalue weighted by atomic mass is 32.2. The van der Waals surface area contributed by atoms with E-state index in [1.807, 2.05) is 13.2 Å². The van der Waals surface area contributed by atoms with Crippen LogP contribution in [0, 0.1) is 5.82 Å².